The third kappa shape index (κ3) is 3.81. The van der Waals surface area contributed by atoms with E-state index in [2.05, 4.69) is 5.32 Å². The lowest BCUT2D eigenvalue weighted by molar-refractivity contribution is -0.122. The summed E-state index contributed by atoms with van der Waals surface area (Å²) in [4.78, 5) is 15.2. The Hall–Kier alpha value is -2.11. The van der Waals surface area contributed by atoms with Crippen molar-refractivity contribution < 1.29 is 9.21 Å². The second-order valence-electron chi connectivity index (χ2n) is 5.63. The molecule has 1 amide bonds. The number of thiophene rings is 1. The number of furan rings is 1. The molecular formula is C18H20N2O2S. The van der Waals surface area contributed by atoms with E-state index in [-0.39, 0.29) is 11.9 Å². The highest BCUT2D eigenvalue weighted by molar-refractivity contribution is 7.09. The number of likely N-dealkylation sites (N-methyl/N-ethyl adjacent to an activating group) is 1. The van der Waals surface area contributed by atoms with Crippen LogP contribution in [0, 0.1) is 0 Å². The number of hydrogen-bond donors (Lipinski definition) is 1. The Labute approximate surface area is 139 Å². The van der Waals surface area contributed by atoms with E-state index in [1.54, 1.807) is 11.3 Å². The monoisotopic (exact) mass is 328 g/mol. The van der Waals surface area contributed by atoms with Crippen molar-refractivity contribution in [1.29, 1.82) is 0 Å². The van der Waals surface area contributed by atoms with Gasteiger partial charge in [-0.3, -0.25) is 9.69 Å². The molecule has 120 valence electrons. The maximum Gasteiger partial charge on any atom is 0.234 e. The fraction of sp³-hybridized carbons (Fsp3) is 0.278. The predicted molar refractivity (Wildman–Crippen MR) is 93.4 cm³/mol. The summed E-state index contributed by atoms with van der Waals surface area (Å²) in [5.41, 5.74) is 0.880. The molecule has 2 aromatic heterocycles. The first-order valence-corrected chi connectivity index (χ1v) is 8.49. The van der Waals surface area contributed by atoms with Crippen molar-refractivity contribution in [2.24, 2.45) is 0 Å². The van der Waals surface area contributed by atoms with Crippen LogP contribution in [0.1, 0.15) is 23.6 Å². The molecule has 3 aromatic rings. The second kappa shape index (κ2) is 6.98. The number of carbonyl (C=O) groups is 1. The number of para-hydroxylation sites is 1. The summed E-state index contributed by atoms with van der Waals surface area (Å²) >= 11 is 1.65. The quantitative estimate of drug-likeness (QED) is 0.748. The number of rotatable bonds is 6. The molecule has 1 N–H and O–H groups in total. The fourth-order valence-corrected chi connectivity index (χ4v) is 3.09. The maximum atomic E-state index is 12.1. The van der Waals surface area contributed by atoms with Crippen LogP contribution in [0.4, 0.5) is 0 Å². The van der Waals surface area contributed by atoms with E-state index in [1.807, 2.05) is 66.7 Å². The number of benzene rings is 1. The van der Waals surface area contributed by atoms with Crippen LogP contribution in [0.15, 0.2) is 52.3 Å². The molecule has 5 heteroatoms. The van der Waals surface area contributed by atoms with E-state index in [0.29, 0.717) is 13.1 Å². The number of amides is 1. The summed E-state index contributed by atoms with van der Waals surface area (Å²) < 4.78 is 5.88. The van der Waals surface area contributed by atoms with Gasteiger partial charge in [0.1, 0.15) is 11.3 Å². The van der Waals surface area contributed by atoms with Gasteiger partial charge in [0.05, 0.1) is 19.1 Å². The maximum absolute atomic E-state index is 12.1. The summed E-state index contributed by atoms with van der Waals surface area (Å²) in [6.45, 7) is 2.97. The van der Waals surface area contributed by atoms with Crippen molar-refractivity contribution >= 4 is 28.2 Å². The Bertz CT molecular complexity index is 746. The predicted octanol–water partition coefficient (Wildman–Crippen LogP) is 3.80. The molecule has 0 fully saturated rings. The largest absolute Gasteiger partial charge is 0.459 e. The van der Waals surface area contributed by atoms with Gasteiger partial charge in [-0.2, -0.15) is 0 Å². The van der Waals surface area contributed by atoms with Crippen LogP contribution in [0.2, 0.25) is 0 Å². The normalized spacial score (nSPS) is 12.7. The molecule has 0 unspecified atom stereocenters. The Balaban J connectivity index is 1.58. The third-order valence-corrected chi connectivity index (χ3v) is 4.83. The standard InChI is InChI=1S/C18H20N2O2S/c1-13(17-10-14-6-3-4-8-16(14)22-17)20(2)12-18(21)19-11-15-7-5-9-23-15/h3-10,13H,11-12H2,1-2H3,(H,19,21)/t13-/m1/s1. The highest BCUT2D eigenvalue weighted by atomic mass is 32.1. The van der Waals surface area contributed by atoms with Crippen molar-refractivity contribution in [2.45, 2.75) is 19.5 Å². The van der Waals surface area contributed by atoms with Gasteiger partial charge < -0.3 is 9.73 Å². The molecule has 0 aliphatic carbocycles. The van der Waals surface area contributed by atoms with Gasteiger partial charge in [0.25, 0.3) is 0 Å². The van der Waals surface area contributed by atoms with Gasteiger partial charge in [0.15, 0.2) is 0 Å². The molecule has 4 nitrogen and oxygen atoms in total. The third-order valence-electron chi connectivity index (χ3n) is 3.95. The molecule has 0 saturated carbocycles. The van der Waals surface area contributed by atoms with E-state index in [4.69, 9.17) is 4.42 Å². The van der Waals surface area contributed by atoms with E-state index < -0.39 is 0 Å². The first-order chi connectivity index (χ1) is 11.1. The molecule has 0 aliphatic heterocycles. The van der Waals surface area contributed by atoms with Crippen molar-refractivity contribution in [2.75, 3.05) is 13.6 Å². The van der Waals surface area contributed by atoms with E-state index in [0.717, 1.165) is 21.6 Å². The number of nitrogens with zero attached hydrogens (tertiary/aromatic N) is 1. The zero-order valence-corrected chi connectivity index (χ0v) is 14.1. The van der Waals surface area contributed by atoms with Gasteiger partial charge >= 0.3 is 0 Å². The van der Waals surface area contributed by atoms with E-state index in [9.17, 15) is 4.79 Å². The number of hydrogen-bond acceptors (Lipinski definition) is 4. The minimum atomic E-state index is 0.0175. The van der Waals surface area contributed by atoms with Crippen molar-refractivity contribution in [3.63, 3.8) is 0 Å². The van der Waals surface area contributed by atoms with Gasteiger partial charge in [0.2, 0.25) is 5.91 Å². The number of carbonyl (C=O) groups excluding carboxylic acids is 1. The average molecular weight is 328 g/mol. The van der Waals surface area contributed by atoms with Gasteiger partial charge in [-0.05, 0) is 37.6 Å². The van der Waals surface area contributed by atoms with Gasteiger partial charge in [-0.1, -0.05) is 24.3 Å². The first kappa shape index (κ1) is 15.8. The highest BCUT2D eigenvalue weighted by Crippen LogP contribution is 2.26. The summed E-state index contributed by atoms with van der Waals surface area (Å²) in [5.74, 6) is 0.892. The van der Waals surface area contributed by atoms with Crippen LogP contribution in [-0.2, 0) is 11.3 Å². The molecule has 3 rings (SSSR count). The van der Waals surface area contributed by atoms with Crippen LogP contribution in [-0.4, -0.2) is 24.4 Å². The summed E-state index contributed by atoms with van der Waals surface area (Å²) in [7, 11) is 1.93. The zero-order valence-electron chi connectivity index (χ0n) is 13.3. The smallest absolute Gasteiger partial charge is 0.234 e. The molecule has 0 saturated heterocycles. The second-order valence-corrected chi connectivity index (χ2v) is 6.67. The first-order valence-electron chi connectivity index (χ1n) is 7.61. The SMILES string of the molecule is C[C@H](c1cc2ccccc2o1)N(C)CC(=O)NCc1cccs1. The van der Waals surface area contributed by atoms with Crippen LogP contribution >= 0.6 is 11.3 Å². The highest BCUT2D eigenvalue weighted by Gasteiger charge is 2.18. The van der Waals surface area contributed by atoms with Gasteiger partial charge in [-0.15, -0.1) is 11.3 Å². The molecule has 0 bridgehead atoms. The Morgan fingerprint density at radius 2 is 2.13 bits per heavy atom. The van der Waals surface area contributed by atoms with Gasteiger partial charge in [-0.25, -0.2) is 0 Å². The summed E-state index contributed by atoms with van der Waals surface area (Å²) in [6.07, 6.45) is 0. The van der Waals surface area contributed by atoms with E-state index in [1.165, 1.54) is 0 Å². The lowest BCUT2D eigenvalue weighted by Crippen LogP contribution is -2.35. The minimum absolute atomic E-state index is 0.0175. The van der Waals surface area contributed by atoms with Crippen molar-refractivity contribution in [1.82, 2.24) is 10.2 Å². The Kier molecular flexibility index (Phi) is 4.79. The molecule has 1 aromatic carbocycles. The van der Waals surface area contributed by atoms with Crippen molar-refractivity contribution in [3.8, 4) is 0 Å². The molecule has 0 radical (unpaired) electrons. The Morgan fingerprint density at radius 3 is 2.87 bits per heavy atom. The Morgan fingerprint density at radius 1 is 1.30 bits per heavy atom. The topological polar surface area (TPSA) is 45.5 Å². The fourth-order valence-electron chi connectivity index (χ4n) is 2.44. The lowest BCUT2D eigenvalue weighted by Gasteiger charge is -2.22. The summed E-state index contributed by atoms with van der Waals surface area (Å²) in [5, 5.41) is 6.05. The van der Waals surface area contributed by atoms with Crippen molar-refractivity contribution in [3.05, 3.63) is 58.5 Å². The number of fused-ring (bicyclic) bond motifs is 1. The molecule has 0 spiro atoms. The molecule has 1 atom stereocenters. The van der Waals surface area contributed by atoms with E-state index >= 15 is 0 Å². The molecule has 0 aliphatic rings. The van der Waals surface area contributed by atoms with Gasteiger partial charge in [0, 0.05) is 10.3 Å². The molecular weight excluding hydrogens is 308 g/mol. The lowest BCUT2D eigenvalue weighted by atomic mass is 10.2. The zero-order chi connectivity index (χ0) is 16.2. The van der Waals surface area contributed by atoms with Crippen LogP contribution in [0.5, 0.6) is 0 Å². The number of nitrogens with one attached hydrogen (secondary N) is 1. The van der Waals surface area contributed by atoms with Crippen LogP contribution < -0.4 is 5.32 Å². The molecule has 23 heavy (non-hydrogen) atoms. The summed E-state index contributed by atoms with van der Waals surface area (Å²) in [6, 6.07) is 14.0. The van der Waals surface area contributed by atoms with Crippen LogP contribution in [0.25, 0.3) is 11.0 Å². The van der Waals surface area contributed by atoms with Crippen LogP contribution in [0.3, 0.4) is 0 Å². The minimum Gasteiger partial charge on any atom is -0.459 e. The average Bonchev–Trinajstić information content (AvgIpc) is 3.21. The molecule has 2 heterocycles.